The molecule has 4 heterocycles. The number of hydrogen-bond acceptors (Lipinski definition) is 8. The molecule has 0 radical (unpaired) electrons. The number of fused-ring (bicyclic) bond motifs is 1. The van der Waals surface area contributed by atoms with E-state index in [4.69, 9.17) is 4.74 Å². The standard InChI is InChI=1S/C24H23FN6O3/c1-14-9-19(23(33)34-2)29-24(28-14)31-12-15-10-30(11-16(15)13-31)22(32)20-17(5-3-6-18(20)25)21-26-7-4-8-27-21/h3-9,15-16H,10-13H2,1-2H3/t15-,16+. The predicted octanol–water partition coefficient (Wildman–Crippen LogP) is 2.38. The van der Waals surface area contributed by atoms with Crippen molar-refractivity contribution in [2.24, 2.45) is 11.8 Å². The quantitative estimate of drug-likeness (QED) is 0.545. The van der Waals surface area contributed by atoms with Crippen LogP contribution in [0.2, 0.25) is 0 Å². The molecule has 34 heavy (non-hydrogen) atoms. The third kappa shape index (κ3) is 3.95. The Morgan fingerprint density at radius 2 is 1.74 bits per heavy atom. The average Bonchev–Trinajstić information content (AvgIpc) is 3.43. The van der Waals surface area contributed by atoms with Crippen LogP contribution in [0.3, 0.4) is 0 Å². The number of rotatable bonds is 4. The van der Waals surface area contributed by atoms with Crippen LogP contribution in [-0.4, -0.2) is 70.0 Å². The zero-order valence-electron chi connectivity index (χ0n) is 18.8. The van der Waals surface area contributed by atoms with E-state index in [-0.39, 0.29) is 29.0 Å². The maximum atomic E-state index is 14.8. The van der Waals surface area contributed by atoms with E-state index in [1.54, 1.807) is 48.5 Å². The third-order valence-corrected chi connectivity index (χ3v) is 6.33. The highest BCUT2D eigenvalue weighted by Gasteiger charge is 2.43. The number of nitrogens with zero attached hydrogens (tertiary/aromatic N) is 6. The number of benzene rings is 1. The summed E-state index contributed by atoms with van der Waals surface area (Å²) < 4.78 is 19.6. The number of likely N-dealkylation sites (tertiary alicyclic amines) is 1. The monoisotopic (exact) mass is 462 g/mol. The zero-order chi connectivity index (χ0) is 23.8. The van der Waals surface area contributed by atoms with Gasteiger partial charge in [-0.25, -0.2) is 29.1 Å². The fourth-order valence-corrected chi connectivity index (χ4v) is 4.75. The molecule has 2 atom stereocenters. The minimum atomic E-state index is -0.586. The predicted molar refractivity (Wildman–Crippen MR) is 121 cm³/mol. The van der Waals surface area contributed by atoms with Gasteiger partial charge in [0.15, 0.2) is 11.5 Å². The number of esters is 1. The molecule has 0 saturated carbocycles. The topological polar surface area (TPSA) is 101 Å². The number of aryl methyl sites for hydroxylation is 1. The summed E-state index contributed by atoms with van der Waals surface area (Å²) in [6.07, 6.45) is 3.13. The van der Waals surface area contributed by atoms with Crippen molar-refractivity contribution in [2.75, 3.05) is 38.2 Å². The van der Waals surface area contributed by atoms with Gasteiger partial charge in [-0.3, -0.25) is 4.79 Å². The molecule has 0 unspecified atom stereocenters. The van der Waals surface area contributed by atoms with Gasteiger partial charge in [0, 0.05) is 61.7 Å². The van der Waals surface area contributed by atoms with Crippen LogP contribution < -0.4 is 4.90 Å². The Kier molecular flexibility index (Phi) is 5.64. The smallest absolute Gasteiger partial charge is 0.356 e. The van der Waals surface area contributed by atoms with Crippen molar-refractivity contribution in [1.82, 2.24) is 24.8 Å². The van der Waals surface area contributed by atoms with E-state index in [0.29, 0.717) is 49.2 Å². The van der Waals surface area contributed by atoms with Crippen molar-refractivity contribution in [3.63, 3.8) is 0 Å². The highest BCUT2D eigenvalue weighted by Crippen LogP contribution is 2.35. The van der Waals surface area contributed by atoms with Crippen LogP contribution in [0.15, 0.2) is 42.7 Å². The lowest BCUT2D eigenvalue weighted by Crippen LogP contribution is -2.34. The summed E-state index contributed by atoms with van der Waals surface area (Å²) in [5, 5.41) is 0. The van der Waals surface area contributed by atoms with E-state index in [0.717, 1.165) is 0 Å². The van der Waals surface area contributed by atoms with Gasteiger partial charge in [0.05, 0.1) is 12.7 Å². The molecular weight excluding hydrogens is 439 g/mol. The number of carbonyl (C=O) groups is 2. The third-order valence-electron chi connectivity index (χ3n) is 6.33. The molecule has 2 aromatic heterocycles. The average molecular weight is 462 g/mol. The van der Waals surface area contributed by atoms with Gasteiger partial charge in [-0.2, -0.15) is 0 Å². The molecule has 2 fully saturated rings. The first-order valence-corrected chi connectivity index (χ1v) is 11.0. The molecule has 2 saturated heterocycles. The van der Waals surface area contributed by atoms with Crippen LogP contribution in [-0.2, 0) is 4.74 Å². The van der Waals surface area contributed by atoms with Gasteiger partial charge in [0.25, 0.3) is 5.91 Å². The lowest BCUT2D eigenvalue weighted by molar-refractivity contribution is 0.0593. The first-order chi connectivity index (χ1) is 16.4. The Morgan fingerprint density at radius 3 is 2.41 bits per heavy atom. The van der Waals surface area contributed by atoms with Crippen LogP contribution in [0.4, 0.5) is 10.3 Å². The molecule has 2 aliphatic heterocycles. The van der Waals surface area contributed by atoms with Gasteiger partial charge < -0.3 is 14.5 Å². The largest absolute Gasteiger partial charge is 0.464 e. The van der Waals surface area contributed by atoms with Gasteiger partial charge in [0.2, 0.25) is 5.95 Å². The van der Waals surface area contributed by atoms with Gasteiger partial charge >= 0.3 is 5.97 Å². The number of methoxy groups -OCH3 is 1. The number of carbonyl (C=O) groups excluding carboxylic acids is 2. The van der Waals surface area contributed by atoms with Gasteiger partial charge in [-0.1, -0.05) is 12.1 Å². The minimum Gasteiger partial charge on any atom is -0.464 e. The maximum absolute atomic E-state index is 14.8. The van der Waals surface area contributed by atoms with Gasteiger partial charge in [0.1, 0.15) is 5.82 Å². The van der Waals surface area contributed by atoms with E-state index in [9.17, 15) is 14.0 Å². The number of amides is 1. The van der Waals surface area contributed by atoms with E-state index in [2.05, 4.69) is 19.9 Å². The number of anilines is 1. The molecular formula is C24H23FN6O3. The Morgan fingerprint density at radius 1 is 1.03 bits per heavy atom. The number of hydrogen-bond donors (Lipinski definition) is 0. The second-order valence-corrected chi connectivity index (χ2v) is 8.56. The fraction of sp³-hybridized carbons (Fsp3) is 0.333. The second-order valence-electron chi connectivity index (χ2n) is 8.56. The van der Waals surface area contributed by atoms with Crippen molar-refractivity contribution in [1.29, 1.82) is 0 Å². The van der Waals surface area contributed by atoms with Gasteiger partial charge in [-0.15, -0.1) is 0 Å². The molecule has 3 aromatic rings. The van der Waals surface area contributed by atoms with Crippen molar-refractivity contribution >= 4 is 17.8 Å². The highest BCUT2D eigenvalue weighted by molar-refractivity contribution is 6.00. The number of aromatic nitrogens is 4. The Labute approximate surface area is 195 Å². The summed E-state index contributed by atoms with van der Waals surface area (Å²) in [6.45, 7) is 4.09. The molecule has 10 heteroatoms. The van der Waals surface area contributed by atoms with E-state index < -0.39 is 11.8 Å². The first kappa shape index (κ1) is 21.9. The molecule has 5 rings (SSSR count). The van der Waals surface area contributed by atoms with Crippen molar-refractivity contribution in [2.45, 2.75) is 6.92 Å². The molecule has 2 aliphatic rings. The van der Waals surface area contributed by atoms with Crippen molar-refractivity contribution in [3.8, 4) is 11.4 Å². The molecule has 1 amide bonds. The lowest BCUT2D eigenvalue weighted by Gasteiger charge is -2.23. The minimum absolute atomic E-state index is 0.00438. The molecule has 0 aliphatic carbocycles. The maximum Gasteiger partial charge on any atom is 0.356 e. The molecule has 174 valence electrons. The number of halogens is 1. The van der Waals surface area contributed by atoms with Crippen molar-refractivity contribution in [3.05, 3.63) is 65.5 Å². The summed E-state index contributed by atoms with van der Waals surface area (Å²) in [4.78, 5) is 46.3. The van der Waals surface area contributed by atoms with Crippen LogP contribution >= 0.6 is 0 Å². The zero-order valence-corrected chi connectivity index (χ0v) is 18.8. The molecule has 0 N–H and O–H groups in total. The summed E-state index contributed by atoms with van der Waals surface area (Å²) in [5.74, 6) is -0.278. The summed E-state index contributed by atoms with van der Waals surface area (Å²) in [7, 11) is 1.32. The molecule has 0 bridgehead atoms. The van der Waals surface area contributed by atoms with Crippen molar-refractivity contribution < 1.29 is 18.7 Å². The van der Waals surface area contributed by atoms with E-state index >= 15 is 0 Å². The van der Waals surface area contributed by atoms with Crippen LogP contribution in [0, 0.1) is 24.6 Å². The second kappa shape index (κ2) is 8.77. The van der Waals surface area contributed by atoms with E-state index in [1.165, 1.54) is 13.2 Å². The van der Waals surface area contributed by atoms with Crippen LogP contribution in [0.25, 0.3) is 11.4 Å². The molecule has 9 nitrogen and oxygen atoms in total. The Bertz CT molecular complexity index is 1240. The van der Waals surface area contributed by atoms with Crippen LogP contribution in [0.5, 0.6) is 0 Å². The normalized spacial score (nSPS) is 19.3. The van der Waals surface area contributed by atoms with Gasteiger partial charge in [-0.05, 0) is 25.1 Å². The Hall–Kier alpha value is -3.95. The first-order valence-electron chi connectivity index (χ1n) is 11.0. The summed E-state index contributed by atoms with van der Waals surface area (Å²) in [5.41, 5.74) is 1.27. The highest BCUT2D eigenvalue weighted by atomic mass is 19.1. The fourth-order valence-electron chi connectivity index (χ4n) is 4.75. The molecule has 1 aromatic carbocycles. The SMILES string of the molecule is COC(=O)c1cc(C)nc(N2C[C@H]3CN(C(=O)c4c(F)cccc4-c4ncccn4)C[C@H]3C2)n1. The van der Waals surface area contributed by atoms with Crippen LogP contribution in [0.1, 0.15) is 26.5 Å². The Balaban J connectivity index is 1.34. The summed E-state index contributed by atoms with van der Waals surface area (Å²) >= 11 is 0. The molecule has 0 spiro atoms. The summed E-state index contributed by atoms with van der Waals surface area (Å²) in [6, 6.07) is 7.77. The van der Waals surface area contributed by atoms with E-state index in [1.807, 2.05) is 4.90 Å². The lowest BCUT2D eigenvalue weighted by atomic mass is 10.0. The number of ether oxygens (including phenoxy) is 1.